The molecule has 2 aromatic carbocycles. The van der Waals surface area contributed by atoms with E-state index >= 15 is 0 Å². The molecule has 1 aliphatic rings. The summed E-state index contributed by atoms with van der Waals surface area (Å²) >= 11 is 8.08. The molecule has 3 rings (SSSR count). The van der Waals surface area contributed by atoms with Crippen molar-refractivity contribution in [1.29, 1.82) is 0 Å². The second-order valence-corrected chi connectivity index (χ2v) is 6.36. The standard InChI is InChI=1S/C16H15ClS/c1-11-5-6-16-15(9-11)14(7-8-18-16)12-3-2-4-13(17)10-12/h2-6,9-10,14H,7-8H2,1H3. The summed E-state index contributed by atoms with van der Waals surface area (Å²) in [6.07, 6.45) is 1.20. The van der Waals surface area contributed by atoms with E-state index in [0.29, 0.717) is 5.92 Å². The molecule has 2 heteroatoms. The molecule has 92 valence electrons. The van der Waals surface area contributed by atoms with Crippen molar-refractivity contribution in [3.05, 3.63) is 64.2 Å². The van der Waals surface area contributed by atoms with Crippen LogP contribution in [0.4, 0.5) is 0 Å². The Bertz CT molecular complexity index is 577. The van der Waals surface area contributed by atoms with Gasteiger partial charge >= 0.3 is 0 Å². The van der Waals surface area contributed by atoms with Gasteiger partial charge in [-0.15, -0.1) is 11.8 Å². The van der Waals surface area contributed by atoms with Crippen LogP contribution in [-0.2, 0) is 0 Å². The van der Waals surface area contributed by atoms with Crippen LogP contribution in [0.15, 0.2) is 47.4 Å². The van der Waals surface area contributed by atoms with Gasteiger partial charge in [-0.3, -0.25) is 0 Å². The fourth-order valence-electron chi connectivity index (χ4n) is 2.58. The zero-order chi connectivity index (χ0) is 12.5. The Morgan fingerprint density at radius 2 is 2.06 bits per heavy atom. The van der Waals surface area contributed by atoms with E-state index in [9.17, 15) is 0 Å². The second kappa shape index (κ2) is 4.99. The van der Waals surface area contributed by atoms with Crippen LogP contribution in [0.25, 0.3) is 0 Å². The molecule has 0 nitrogen and oxygen atoms in total. The minimum atomic E-state index is 0.500. The first-order chi connectivity index (χ1) is 8.74. The molecule has 1 atom stereocenters. The minimum absolute atomic E-state index is 0.500. The summed E-state index contributed by atoms with van der Waals surface area (Å²) in [6.45, 7) is 2.16. The van der Waals surface area contributed by atoms with Gasteiger partial charge in [-0.2, -0.15) is 0 Å². The highest BCUT2D eigenvalue weighted by molar-refractivity contribution is 7.99. The van der Waals surface area contributed by atoms with E-state index in [4.69, 9.17) is 11.6 Å². The number of thioether (sulfide) groups is 1. The number of fused-ring (bicyclic) bond motifs is 1. The van der Waals surface area contributed by atoms with Crippen molar-refractivity contribution in [2.75, 3.05) is 5.75 Å². The van der Waals surface area contributed by atoms with Gasteiger partial charge in [-0.05, 0) is 48.4 Å². The Morgan fingerprint density at radius 1 is 1.17 bits per heavy atom. The summed E-state index contributed by atoms with van der Waals surface area (Å²) < 4.78 is 0. The molecular weight excluding hydrogens is 260 g/mol. The van der Waals surface area contributed by atoms with Crippen LogP contribution in [0.1, 0.15) is 29.0 Å². The van der Waals surface area contributed by atoms with Gasteiger partial charge in [0.15, 0.2) is 0 Å². The Kier molecular flexibility index (Phi) is 3.36. The van der Waals surface area contributed by atoms with Crippen molar-refractivity contribution >= 4 is 23.4 Å². The molecule has 1 aliphatic heterocycles. The van der Waals surface area contributed by atoms with Gasteiger partial charge < -0.3 is 0 Å². The van der Waals surface area contributed by atoms with Crippen molar-refractivity contribution < 1.29 is 0 Å². The molecule has 0 fully saturated rings. The molecule has 18 heavy (non-hydrogen) atoms. The highest BCUT2D eigenvalue weighted by atomic mass is 35.5. The van der Waals surface area contributed by atoms with Gasteiger partial charge in [0.1, 0.15) is 0 Å². The molecule has 0 amide bonds. The van der Waals surface area contributed by atoms with E-state index in [1.54, 1.807) is 0 Å². The van der Waals surface area contributed by atoms with Gasteiger partial charge in [0.05, 0.1) is 0 Å². The van der Waals surface area contributed by atoms with Crippen LogP contribution in [0.5, 0.6) is 0 Å². The maximum Gasteiger partial charge on any atom is 0.0408 e. The molecule has 0 bridgehead atoms. The molecular formula is C16H15ClS. The molecule has 2 aromatic rings. The molecule has 0 saturated carbocycles. The quantitative estimate of drug-likeness (QED) is 0.682. The van der Waals surface area contributed by atoms with Crippen LogP contribution >= 0.6 is 23.4 Å². The summed E-state index contributed by atoms with van der Waals surface area (Å²) in [7, 11) is 0. The Balaban J connectivity index is 2.08. The summed E-state index contributed by atoms with van der Waals surface area (Å²) in [6, 6.07) is 15.1. The molecule has 0 aromatic heterocycles. The molecule has 1 heterocycles. The van der Waals surface area contributed by atoms with Crippen molar-refractivity contribution in [3.8, 4) is 0 Å². The third-order valence-corrected chi connectivity index (χ3v) is 4.81. The van der Waals surface area contributed by atoms with Crippen molar-refractivity contribution in [3.63, 3.8) is 0 Å². The first-order valence-corrected chi connectivity index (χ1v) is 7.59. The second-order valence-electron chi connectivity index (χ2n) is 4.79. The topological polar surface area (TPSA) is 0 Å². The first-order valence-electron chi connectivity index (χ1n) is 6.23. The SMILES string of the molecule is Cc1ccc2c(c1)C(c1cccc(Cl)c1)CCS2. The lowest BCUT2D eigenvalue weighted by molar-refractivity contribution is 0.754. The largest absolute Gasteiger partial charge is 0.126 e. The van der Waals surface area contributed by atoms with E-state index in [1.165, 1.54) is 33.8 Å². The number of rotatable bonds is 1. The van der Waals surface area contributed by atoms with Crippen molar-refractivity contribution in [2.45, 2.75) is 24.2 Å². The van der Waals surface area contributed by atoms with Gasteiger partial charge in [-0.25, -0.2) is 0 Å². The zero-order valence-electron chi connectivity index (χ0n) is 10.3. The number of hydrogen-bond acceptors (Lipinski definition) is 1. The summed E-state index contributed by atoms with van der Waals surface area (Å²) in [5.74, 6) is 1.69. The fourth-order valence-corrected chi connectivity index (χ4v) is 3.89. The number of halogens is 1. The molecule has 0 saturated heterocycles. The lowest BCUT2D eigenvalue weighted by Crippen LogP contribution is -2.09. The minimum Gasteiger partial charge on any atom is -0.126 e. The van der Waals surface area contributed by atoms with Gasteiger partial charge in [0, 0.05) is 15.8 Å². The van der Waals surface area contributed by atoms with Gasteiger partial charge in [0.2, 0.25) is 0 Å². The van der Waals surface area contributed by atoms with Crippen molar-refractivity contribution in [2.24, 2.45) is 0 Å². The van der Waals surface area contributed by atoms with Gasteiger partial charge in [0.25, 0.3) is 0 Å². The summed E-state index contributed by atoms with van der Waals surface area (Å²) in [4.78, 5) is 1.43. The third-order valence-electron chi connectivity index (χ3n) is 3.46. The summed E-state index contributed by atoms with van der Waals surface area (Å²) in [5.41, 5.74) is 4.14. The first kappa shape index (κ1) is 12.1. The highest BCUT2D eigenvalue weighted by Gasteiger charge is 2.22. The van der Waals surface area contributed by atoms with Crippen LogP contribution in [-0.4, -0.2) is 5.75 Å². The predicted molar refractivity (Wildman–Crippen MR) is 79.8 cm³/mol. The molecule has 0 aliphatic carbocycles. The van der Waals surface area contributed by atoms with E-state index in [2.05, 4.69) is 43.3 Å². The lowest BCUT2D eigenvalue weighted by atomic mass is 9.88. The summed E-state index contributed by atoms with van der Waals surface area (Å²) in [5, 5.41) is 0.833. The average Bonchev–Trinajstić information content (AvgIpc) is 2.38. The number of aryl methyl sites for hydroxylation is 1. The smallest absolute Gasteiger partial charge is 0.0408 e. The average molecular weight is 275 g/mol. The molecule has 0 N–H and O–H groups in total. The van der Waals surface area contributed by atoms with Gasteiger partial charge in [-0.1, -0.05) is 41.4 Å². The maximum atomic E-state index is 6.12. The number of benzene rings is 2. The van der Waals surface area contributed by atoms with Crippen LogP contribution in [0.2, 0.25) is 5.02 Å². The zero-order valence-corrected chi connectivity index (χ0v) is 11.9. The molecule has 1 unspecified atom stereocenters. The third kappa shape index (κ3) is 2.30. The van der Waals surface area contributed by atoms with Crippen LogP contribution in [0, 0.1) is 6.92 Å². The van der Waals surface area contributed by atoms with Crippen LogP contribution < -0.4 is 0 Å². The Hall–Kier alpha value is -0.920. The van der Waals surface area contributed by atoms with E-state index in [1.807, 2.05) is 17.8 Å². The van der Waals surface area contributed by atoms with Crippen molar-refractivity contribution in [1.82, 2.24) is 0 Å². The lowest BCUT2D eigenvalue weighted by Gasteiger charge is -2.26. The Labute approximate surface area is 117 Å². The maximum absolute atomic E-state index is 6.12. The molecule has 0 radical (unpaired) electrons. The fraction of sp³-hybridized carbons (Fsp3) is 0.250. The normalized spacial score (nSPS) is 18.4. The van der Waals surface area contributed by atoms with E-state index in [-0.39, 0.29) is 0 Å². The Morgan fingerprint density at radius 3 is 2.89 bits per heavy atom. The molecule has 0 spiro atoms. The predicted octanol–water partition coefficient (Wildman–Crippen LogP) is 5.28. The number of hydrogen-bond donors (Lipinski definition) is 0. The van der Waals surface area contributed by atoms with E-state index < -0.39 is 0 Å². The van der Waals surface area contributed by atoms with Crippen LogP contribution in [0.3, 0.4) is 0 Å². The highest BCUT2D eigenvalue weighted by Crippen LogP contribution is 2.41. The monoisotopic (exact) mass is 274 g/mol. The van der Waals surface area contributed by atoms with E-state index in [0.717, 1.165) is 5.02 Å².